The number of amides is 1. The van der Waals surface area contributed by atoms with Crippen molar-refractivity contribution in [2.24, 2.45) is 0 Å². The molecule has 1 rings (SSSR count). The van der Waals surface area contributed by atoms with Crippen molar-refractivity contribution in [3.05, 3.63) is 0 Å². The van der Waals surface area contributed by atoms with E-state index in [-0.39, 0.29) is 18.4 Å². The molecule has 1 N–H and O–H groups in total. The summed E-state index contributed by atoms with van der Waals surface area (Å²) in [5.41, 5.74) is 0. The predicted molar refractivity (Wildman–Crippen MR) is 61.1 cm³/mol. The number of carbonyl (C=O) groups excluding carboxylic acids is 1. The number of hydrogen-bond donors (Lipinski definition) is 1. The zero-order chi connectivity index (χ0) is 12.0. The van der Waals surface area contributed by atoms with Crippen molar-refractivity contribution < 1.29 is 14.7 Å². The molecule has 1 fully saturated rings. The van der Waals surface area contributed by atoms with E-state index in [1.165, 1.54) is 0 Å². The first-order valence-corrected chi connectivity index (χ1v) is 6.16. The second kappa shape index (κ2) is 6.51. The summed E-state index contributed by atoms with van der Waals surface area (Å²) >= 11 is 0. The van der Waals surface area contributed by atoms with Crippen LogP contribution >= 0.6 is 0 Å². The molecule has 0 saturated carbocycles. The lowest BCUT2D eigenvalue weighted by atomic mass is 10.1. The zero-order valence-corrected chi connectivity index (χ0v) is 9.95. The van der Waals surface area contributed by atoms with Crippen molar-refractivity contribution in [1.82, 2.24) is 4.90 Å². The Morgan fingerprint density at radius 3 is 2.81 bits per heavy atom. The van der Waals surface area contributed by atoms with Crippen molar-refractivity contribution in [3.8, 4) is 0 Å². The van der Waals surface area contributed by atoms with Gasteiger partial charge in [0.1, 0.15) is 0 Å². The molecular weight excluding hydrogens is 206 g/mol. The van der Waals surface area contributed by atoms with E-state index in [1.54, 1.807) is 4.90 Å². The van der Waals surface area contributed by atoms with E-state index < -0.39 is 5.97 Å². The highest BCUT2D eigenvalue weighted by molar-refractivity contribution is 5.77. The van der Waals surface area contributed by atoms with Gasteiger partial charge in [-0.3, -0.25) is 9.59 Å². The summed E-state index contributed by atoms with van der Waals surface area (Å²) in [4.78, 5) is 24.4. The lowest BCUT2D eigenvalue weighted by Crippen LogP contribution is -2.41. The quantitative estimate of drug-likeness (QED) is 0.781. The van der Waals surface area contributed by atoms with Gasteiger partial charge in [0.2, 0.25) is 5.91 Å². The van der Waals surface area contributed by atoms with Gasteiger partial charge in [-0.15, -0.1) is 0 Å². The summed E-state index contributed by atoms with van der Waals surface area (Å²) in [5.74, 6) is -0.673. The van der Waals surface area contributed by atoms with Gasteiger partial charge in [-0.25, -0.2) is 0 Å². The van der Waals surface area contributed by atoms with Gasteiger partial charge in [-0.1, -0.05) is 19.8 Å². The summed E-state index contributed by atoms with van der Waals surface area (Å²) in [7, 11) is 0. The molecule has 92 valence electrons. The summed E-state index contributed by atoms with van der Waals surface area (Å²) in [6, 6.07) is -0.104. The monoisotopic (exact) mass is 227 g/mol. The van der Waals surface area contributed by atoms with E-state index in [4.69, 9.17) is 5.11 Å². The lowest BCUT2D eigenvalue weighted by molar-refractivity contribution is -0.140. The average molecular weight is 227 g/mol. The Balaban J connectivity index is 2.65. The largest absolute Gasteiger partial charge is 0.481 e. The highest BCUT2D eigenvalue weighted by atomic mass is 16.4. The summed E-state index contributed by atoms with van der Waals surface area (Å²) in [6.45, 7) is 2.76. The number of nitrogens with zero attached hydrogens (tertiary/aromatic N) is 1. The Morgan fingerprint density at radius 1 is 1.44 bits per heavy atom. The summed E-state index contributed by atoms with van der Waals surface area (Å²) < 4.78 is 0. The van der Waals surface area contributed by atoms with Crippen molar-refractivity contribution in [1.29, 1.82) is 0 Å². The third-order valence-corrected chi connectivity index (χ3v) is 3.08. The van der Waals surface area contributed by atoms with Crippen LogP contribution in [0.5, 0.6) is 0 Å². The van der Waals surface area contributed by atoms with Crippen molar-refractivity contribution in [3.63, 3.8) is 0 Å². The van der Waals surface area contributed by atoms with E-state index in [9.17, 15) is 9.59 Å². The third kappa shape index (κ3) is 3.83. The third-order valence-electron chi connectivity index (χ3n) is 3.08. The predicted octanol–water partition coefficient (Wildman–Crippen LogP) is 2.03. The molecule has 4 nitrogen and oxygen atoms in total. The van der Waals surface area contributed by atoms with Crippen LogP contribution in [0.4, 0.5) is 0 Å². The van der Waals surface area contributed by atoms with E-state index in [0.717, 1.165) is 38.6 Å². The molecule has 1 amide bonds. The topological polar surface area (TPSA) is 57.6 Å². The molecule has 1 saturated heterocycles. The molecule has 1 unspecified atom stereocenters. The molecule has 1 aliphatic rings. The molecule has 0 aromatic rings. The second-order valence-electron chi connectivity index (χ2n) is 4.44. The fraction of sp³-hybridized carbons (Fsp3) is 0.833. The van der Waals surface area contributed by atoms with Crippen LogP contribution in [0.15, 0.2) is 0 Å². The molecule has 0 aromatic carbocycles. The molecule has 1 atom stereocenters. The van der Waals surface area contributed by atoms with Gasteiger partial charge in [0, 0.05) is 19.0 Å². The van der Waals surface area contributed by atoms with Gasteiger partial charge in [0.15, 0.2) is 0 Å². The SMILES string of the molecule is CCCC(CC(=O)O)N1CCCCCC1=O. The van der Waals surface area contributed by atoms with Gasteiger partial charge in [-0.05, 0) is 19.3 Å². The van der Waals surface area contributed by atoms with Crippen molar-refractivity contribution in [2.45, 2.75) is 57.9 Å². The smallest absolute Gasteiger partial charge is 0.305 e. The number of carbonyl (C=O) groups is 2. The maximum absolute atomic E-state index is 11.8. The van der Waals surface area contributed by atoms with Gasteiger partial charge in [0.05, 0.1) is 6.42 Å². The van der Waals surface area contributed by atoms with E-state index in [1.807, 2.05) is 6.92 Å². The number of rotatable bonds is 5. The number of likely N-dealkylation sites (tertiary alicyclic amines) is 1. The Bertz CT molecular complexity index is 253. The first-order chi connectivity index (χ1) is 7.65. The minimum absolute atomic E-state index is 0.0829. The average Bonchev–Trinajstić information content (AvgIpc) is 2.41. The Hall–Kier alpha value is -1.06. The van der Waals surface area contributed by atoms with Crippen LogP contribution in [0.25, 0.3) is 0 Å². The van der Waals surface area contributed by atoms with Gasteiger partial charge in [-0.2, -0.15) is 0 Å². The molecule has 1 aliphatic heterocycles. The maximum Gasteiger partial charge on any atom is 0.305 e. The zero-order valence-electron chi connectivity index (χ0n) is 9.95. The van der Waals surface area contributed by atoms with E-state index in [0.29, 0.717) is 6.42 Å². The molecule has 16 heavy (non-hydrogen) atoms. The first-order valence-electron chi connectivity index (χ1n) is 6.16. The normalized spacial score (nSPS) is 19.3. The minimum atomic E-state index is -0.810. The van der Waals surface area contributed by atoms with Crippen LogP contribution in [0, 0.1) is 0 Å². The molecule has 0 spiro atoms. The highest BCUT2D eigenvalue weighted by Gasteiger charge is 2.25. The van der Waals surface area contributed by atoms with Gasteiger partial charge < -0.3 is 10.0 Å². The Kier molecular flexibility index (Phi) is 5.29. The maximum atomic E-state index is 11.8. The van der Waals surface area contributed by atoms with Crippen molar-refractivity contribution in [2.75, 3.05) is 6.54 Å². The van der Waals surface area contributed by atoms with E-state index in [2.05, 4.69) is 0 Å². The number of carboxylic acids is 1. The molecule has 0 radical (unpaired) electrons. The van der Waals surface area contributed by atoms with Crippen LogP contribution in [0.1, 0.15) is 51.9 Å². The standard InChI is InChI=1S/C12H21NO3/c1-2-6-10(9-12(15)16)13-8-5-3-4-7-11(13)14/h10H,2-9H2,1H3,(H,15,16). The molecule has 0 bridgehead atoms. The Morgan fingerprint density at radius 2 is 2.19 bits per heavy atom. The summed E-state index contributed by atoms with van der Waals surface area (Å²) in [5, 5.41) is 8.86. The van der Waals surface area contributed by atoms with Crippen LogP contribution in [0.3, 0.4) is 0 Å². The number of aliphatic carboxylic acids is 1. The lowest BCUT2D eigenvalue weighted by Gasteiger charge is -2.29. The molecule has 0 aromatic heterocycles. The highest BCUT2D eigenvalue weighted by Crippen LogP contribution is 2.18. The number of carboxylic acid groups (broad SMARTS) is 1. The first kappa shape index (κ1) is 13.0. The van der Waals surface area contributed by atoms with Crippen molar-refractivity contribution >= 4 is 11.9 Å². The summed E-state index contributed by atoms with van der Waals surface area (Å²) in [6.07, 6.45) is 5.40. The molecular formula is C12H21NO3. The van der Waals surface area contributed by atoms with Crippen LogP contribution < -0.4 is 0 Å². The second-order valence-corrected chi connectivity index (χ2v) is 4.44. The fourth-order valence-electron chi connectivity index (χ4n) is 2.29. The van der Waals surface area contributed by atoms with Gasteiger partial charge in [0.25, 0.3) is 0 Å². The molecule has 4 heteroatoms. The van der Waals surface area contributed by atoms with Crippen LogP contribution in [0.2, 0.25) is 0 Å². The van der Waals surface area contributed by atoms with E-state index >= 15 is 0 Å². The molecule has 1 heterocycles. The minimum Gasteiger partial charge on any atom is -0.481 e. The van der Waals surface area contributed by atoms with Crippen LogP contribution in [-0.4, -0.2) is 34.5 Å². The molecule has 0 aliphatic carbocycles. The van der Waals surface area contributed by atoms with Crippen LogP contribution in [-0.2, 0) is 9.59 Å². The Labute approximate surface area is 96.6 Å². The van der Waals surface area contributed by atoms with Gasteiger partial charge >= 0.3 is 5.97 Å². The number of hydrogen-bond acceptors (Lipinski definition) is 2. The fourth-order valence-corrected chi connectivity index (χ4v) is 2.29.